The maximum Gasteiger partial charge on any atom is 0.305 e. The van der Waals surface area contributed by atoms with Crippen LogP contribution in [0.5, 0.6) is 0 Å². The number of carbonyl (C=O) groups is 2. The number of allylic oxidation sites excluding steroid dienone is 1. The van der Waals surface area contributed by atoms with E-state index in [2.05, 4.69) is 19.2 Å². The summed E-state index contributed by atoms with van der Waals surface area (Å²) in [6.07, 6.45) is 78.7. The first-order valence-electron chi connectivity index (χ1n) is 34.0. The van der Waals surface area contributed by atoms with Crippen LogP contribution in [0, 0.1) is 0 Å². The zero-order valence-electron chi connectivity index (χ0n) is 50.4. The predicted octanol–water partition coefficient (Wildman–Crippen LogP) is 21.6. The number of carbonyl (C=O) groups excluding carboxylic acids is 2. The predicted molar refractivity (Wildman–Crippen MR) is 324 cm³/mol. The van der Waals surface area contributed by atoms with E-state index in [1.54, 1.807) is 6.08 Å². The van der Waals surface area contributed by atoms with Gasteiger partial charge in [-0.2, -0.15) is 0 Å². The van der Waals surface area contributed by atoms with E-state index >= 15 is 0 Å². The minimum Gasteiger partial charge on any atom is -0.466 e. The number of aliphatic hydroxyl groups is 2. The van der Waals surface area contributed by atoms with Crippen molar-refractivity contribution in [1.82, 2.24) is 5.32 Å². The average molecular weight is 1040 g/mol. The monoisotopic (exact) mass is 1040 g/mol. The number of rotatable bonds is 64. The number of ether oxygens (including phenoxy) is 1. The first-order chi connectivity index (χ1) is 36.5. The lowest BCUT2D eigenvalue weighted by Gasteiger charge is -2.20. The van der Waals surface area contributed by atoms with Gasteiger partial charge in [-0.3, -0.25) is 9.59 Å². The van der Waals surface area contributed by atoms with E-state index in [4.69, 9.17) is 4.74 Å². The SMILES string of the molecule is CCCCCCCCCC/C=C/C(O)C(CO)NC(=O)CCCCCCCCCCCCCCCCCCCCCCCCCCCCCCCCOC(=O)CCCCCCCCCCCCCCCCCCC. The van der Waals surface area contributed by atoms with Crippen molar-refractivity contribution in [2.75, 3.05) is 13.2 Å². The van der Waals surface area contributed by atoms with E-state index < -0.39 is 12.1 Å². The van der Waals surface area contributed by atoms with Gasteiger partial charge < -0.3 is 20.3 Å². The summed E-state index contributed by atoms with van der Waals surface area (Å²) in [5, 5.41) is 23.0. The van der Waals surface area contributed by atoms with Gasteiger partial charge in [0.05, 0.1) is 25.4 Å². The molecular formula is C68H133NO5. The summed E-state index contributed by atoms with van der Waals surface area (Å²) in [5.41, 5.74) is 0. The molecule has 0 aliphatic heterocycles. The van der Waals surface area contributed by atoms with Gasteiger partial charge in [-0.1, -0.05) is 353 Å². The van der Waals surface area contributed by atoms with E-state index in [9.17, 15) is 19.8 Å². The topological polar surface area (TPSA) is 95.9 Å². The molecule has 0 aromatic carbocycles. The van der Waals surface area contributed by atoms with Gasteiger partial charge >= 0.3 is 5.97 Å². The average Bonchev–Trinajstić information content (AvgIpc) is 3.40. The van der Waals surface area contributed by atoms with Crippen LogP contribution in [0.1, 0.15) is 386 Å². The van der Waals surface area contributed by atoms with Crippen molar-refractivity contribution in [2.45, 2.75) is 398 Å². The minimum absolute atomic E-state index is 0.0244. The molecule has 6 nitrogen and oxygen atoms in total. The van der Waals surface area contributed by atoms with E-state index in [0.29, 0.717) is 19.4 Å². The lowest BCUT2D eigenvalue weighted by Crippen LogP contribution is -2.45. The third-order valence-corrected chi connectivity index (χ3v) is 16.1. The fourth-order valence-electron chi connectivity index (χ4n) is 10.9. The summed E-state index contributed by atoms with van der Waals surface area (Å²) in [6, 6.07) is -0.622. The second-order valence-electron chi connectivity index (χ2n) is 23.5. The zero-order chi connectivity index (χ0) is 53.6. The van der Waals surface area contributed by atoms with Gasteiger partial charge in [0.1, 0.15) is 0 Å². The molecule has 0 aromatic rings. The van der Waals surface area contributed by atoms with Crippen LogP contribution in [-0.4, -0.2) is 47.4 Å². The molecule has 6 heteroatoms. The Morgan fingerprint density at radius 3 is 0.919 bits per heavy atom. The molecule has 0 rings (SSSR count). The molecule has 74 heavy (non-hydrogen) atoms. The Hall–Kier alpha value is -1.40. The maximum atomic E-state index is 12.4. The van der Waals surface area contributed by atoms with E-state index in [0.717, 1.165) is 38.5 Å². The second-order valence-corrected chi connectivity index (χ2v) is 23.5. The molecule has 0 radical (unpaired) electrons. The number of nitrogens with one attached hydrogen (secondary N) is 1. The molecule has 0 aromatic heterocycles. The van der Waals surface area contributed by atoms with Gasteiger partial charge in [0, 0.05) is 12.8 Å². The van der Waals surface area contributed by atoms with Crippen molar-refractivity contribution >= 4 is 11.9 Å². The summed E-state index contributed by atoms with van der Waals surface area (Å²) in [4.78, 5) is 24.5. The standard InChI is InChI=1S/C68H133NO5/c1-3-5-7-9-11-13-15-16-17-32-36-39-42-46-50-54-58-62-68(73)74-63-59-55-51-47-43-40-37-34-31-29-27-25-23-21-19-18-20-22-24-26-28-30-33-35-38-41-45-49-53-57-61-67(72)69-65(64-70)66(71)60-56-52-48-44-14-12-10-8-6-4-2/h56,60,65-66,70-71H,3-55,57-59,61-64H2,1-2H3,(H,69,72)/b60-56+. The Balaban J connectivity index is 3.29. The molecule has 0 aliphatic carbocycles. The second kappa shape index (κ2) is 64.1. The maximum absolute atomic E-state index is 12.4. The summed E-state index contributed by atoms with van der Waals surface area (Å²) in [6.45, 7) is 4.92. The molecule has 0 saturated heterocycles. The van der Waals surface area contributed by atoms with Crippen LogP contribution >= 0.6 is 0 Å². The molecular weight excluding hydrogens is 911 g/mol. The van der Waals surface area contributed by atoms with Gasteiger partial charge in [0.15, 0.2) is 0 Å². The van der Waals surface area contributed by atoms with Crippen molar-refractivity contribution < 1.29 is 24.5 Å². The molecule has 0 fully saturated rings. The lowest BCUT2D eigenvalue weighted by molar-refractivity contribution is -0.143. The molecule has 440 valence electrons. The molecule has 0 spiro atoms. The first-order valence-corrected chi connectivity index (χ1v) is 34.0. The van der Waals surface area contributed by atoms with Crippen LogP contribution in [0.2, 0.25) is 0 Å². The largest absolute Gasteiger partial charge is 0.466 e. The molecule has 1 amide bonds. The molecule has 0 aliphatic rings. The Bertz CT molecular complexity index is 1110. The van der Waals surface area contributed by atoms with Crippen molar-refractivity contribution in [3.05, 3.63) is 12.2 Å². The van der Waals surface area contributed by atoms with Gasteiger partial charge in [0.25, 0.3) is 0 Å². The van der Waals surface area contributed by atoms with Crippen molar-refractivity contribution in [3.63, 3.8) is 0 Å². The van der Waals surface area contributed by atoms with Crippen LogP contribution in [0.15, 0.2) is 12.2 Å². The highest BCUT2D eigenvalue weighted by atomic mass is 16.5. The third-order valence-electron chi connectivity index (χ3n) is 16.1. The number of hydrogen-bond acceptors (Lipinski definition) is 5. The fourth-order valence-corrected chi connectivity index (χ4v) is 10.9. The Morgan fingerprint density at radius 1 is 0.365 bits per heavy atom. The Kier molecular flexibility index (Phi) is 62.9. The zero-order valence-corrected chi connectivity index (χ0v) is 50.4. The molecule has 0 saturated carbocycles. The number of hydrogen-bond donors (Lipinski definition) is 3. The highest BCUT2D eigenvalue weighted by Gasteiger charge is 2.18. The molecule has 2 atom stereocenters. The van der Waals surface area contributed by atoms with Crippen LogP contribution in [0.3, 0.4) is 0 Å². The van der Waals surface area contributed by atoms with Crippen LogP contribution < -0.4 is 5.32 Å². The number of unbranched alkanes of at least 4 members (excludes halogenated alkanes) is 53. The molecule has 2 unspecified atom stereocenters. The Morgan fingerprint density at radius 2 is 0.622 bits per heavy atom. The summed E-state index contributed by atoms with van der Waals surface area (Å²) < 4.78 is 5.51. The number of aliphatic hydroxyl groups excluding tert-OH is 2. The summed E-state index contributed by atoms with van der Waals surface area (Å²) in [5.74, 6) is -0.0397. The smallest absolute Gasteiger partial charge is 0.305 e. The summed E-state index contributed by atoms with van der Waals surface area (Å²) >= 11 is 0. The van der Waals surface area contributed by atoms with Crippen molar-refractivity contribution in [3.8, 4) is 0 Å². The molecule has 0 bridgehead atoms. The fraction of sp³-hybridized carbons (Fsp3) is 0.941. The minimum atomic E-state index is -0.839. The van der Waals surface area contributed by atoms with Gasteiger partial charge in [-0.25, -0.2) is 0 Å². The highest BCUT2D eigenvalue weighted by Crippen LogP contribution is 2.19. The van der Waals surface area contributed by atoms with Gasteiger partial charge in [-0.15, -0.1) is 0 Å². The normalized spacial score (nSPS) is 12.5. The van der Waals surface area contributed by atoms with Gasteiger partial charge in [-0.05, 0) is 32.1 Å². The van der Waals surface area contributed by atoms with Crippen LogP contribution in [-0.2, 0) is 14.3 Å². The summed E-state index contributed by atoms with van der Waals surface area (Å²) in [7, 11) is 0. The van der Waals surface area contributed by atoms with Gasteiger partial charge in [0.2, 0.25) is 5.91 Å². The first kappa shape index (κ1) is 72.6. The highest BCUT2D eigenvalue weighted by molar-refractivity contribution is 5.76. The third kappa shape index (κ3) is 59.8. The van der Waals surface area contributed by atoms with Crippen LogP contribution in [0.25, 0.3) is 0 Å². The number of esters is 1. The molecule has 0 heterocycles. The lowest BCUT2D eigenvalue weighted by atomic mass is 10.0. The van der Waals surface area contributed by atoms with E-state index in [-0.39, 0.29) is 18.5 Å². The Labute approximate surface area is 463 Å². The number of amides is 1. The molecule has 3 N–H and O–H groups in total. The van der Waals surface area contributed by atoms with Crippen molar-refractivity contribution in [1.29, 1.82) is 0 Å². The quantitative estimate of drug-likeness (QED) is 0.0320. The van der Waals surface area contributed by atoms with Crippen LogP contribution in [0.4, 0.5) is 0 Å². The van der Waals surface area contributed by atoms with Crippen molar-refractivity contribution in [2.24, 2.45) is 0 Å². The van der Waals surface area contributed by atoms with E-state index in [1.165, 1.54) is 321 Å². The van der Waals surface area contributed by atoms with E-state index in [1.807, 2.05) is 6.08 Å².